The van der Waals surface area contributed by atoms with Crippen LogP contribution in [0.3, 0.4) is 0 Å². The molecule has 0 bridgehead atoms. The van der Waals surface area contributed by atoms with E-state index in [1.165, 1.54) is 24.0 Å². The van der Waals surface area contributed by atoms with Crippen LogP contribution in [0.4, 0.5) is 0 Å². The molecule has 1 N–H and O–H groups in total. The minimum atomic E-state index is 0.258. The Hall–Kier alpha value is -0.820. The van der Waals surface area contributed by atoms with Crippen molar-refractivity contribution >= 4 is 0 Å². The highest BCUT2D eigenvalue weighted by molar-refractivity contribution is 5.31. The van der Waals surface area contributed by atoms with Gasteiger partial charge in [-0.25, -0.2) is 0 Å². The van der Waals surface area contributed by atoms with E-state index in [0.717, 1.165) is 12.5 Å². The summed E-state index contributed by atoms with van der Waals surface area (Å²) in [7, 11) is 0. The van der Waals surface area contributed by atoms with Crippen molar-refractivity contribution in [2.24, 2.45) is 0 Å². The van der Waals surface area contributed by atoms with E-state index in [2.05, 4.69) is 57.3 Å². The van der Waals surface area contributed by atoms with Gasteiger partial charge in [-0.3, -0.25) is 0 Å². The molecule has 0 aromatic heterocycles. The highest BCUT2D eigenvalue weighted by atomic mass is 14.9. The van der Waals surface area contributed by atoms with Crippen LogP contribution in [0.2, 0.25) is 0 Å². The summed E-state index contributed by atoms with van der Waals surface area (Å²) in [6, 6.07) is 9.86. The quantitative estimate of drug-likeness (QED) is 0.774. The van der Waals surface area contributed by atoms with Crippen molar-refractivity contribution in [3.63, 3.8) is 0 Å². The minimum absolute atomic E-state index is 0.258. The van der Waals surface area contributed by atoms with Gasteiger partial charge in [0.05, 0.1) is 0 Å². The highest BCUT2D eigenvalue weighted by Crippen LogP contribution is 2.31. The zero-order chi connectivity index (χ0) is 12.5. The van der Waals surface area contributed by atoms with Crippen molar-refractivity contribution in [3.8, 4) is 0 Å². The van der Waals surface area contributed by atoms with Gasteiger partial charge in [0.2, 0.25) is 0 Å². The Balaban J connectivity index is 2.21. The number of hydrogen-bond donors (Lipinski definition) is 1. The smallest absolute Gasteiger partial charge is 0.00445 e. The molecule has 0 unspecified atom stereocenters. The zero-order valence-electron chi connectivity index (χ0n) is 11.6. The first kappa shape index (κ1) is 12.6. The Bertz CT molecular complexity index is 375. The molecule has 1 aliphatic heterocycles. The van der Waals surface area contributed by atoms with Gasteiger partial charge in [0.25, 0.3) is 0 Å². The van der Waals surface area contributed by atoms with Gasteiger partial charge >= 0.3 is 0 Å². The molecule has 1 nitrogen and oxygen atoms in total. The molecular formula is C16H25N. The first-order valence-corrected chi connectivity index (χ1v) is 6.80. The number of nitrogens with one attached hydrogen (secondary N) is 1. The monoisotopic (exact) mass is 231 g/mol. The molecule has 1 aliphatic rings. The van der Waals surface area contributed by atoms with Crippen molar-refractivity contribution in [3.05, 3.63) is 35.4 Å². The minimum Gasteiger partial charge on any atom is -0.314 e. The van der Waals surface area contributed by atoms with E-state index < -0.39 is 0 Å². The largest absolute Gasteiger partial charge is 0.314 e. The molecule has 0 aliphatic carbocycles. The fourth-order valence-electron chi connectivity index (χ4n) is 2.69. The Morgan fingerprint density at radius 1 is 1.24 bits per heavy atom. The van der Waals surface area contributed by atoms with Crippen LogP contribution in [0.25, 0.3) is 0 Å². The van der Waals surface area contributed by atoms with Crippen molar-refractivity contribution in [1.82, 2.24) is 5.32 Å². The summed E-state index contributed by atoms with van der Waals surface area (Å²) < 4.78 is 0. The van der Waals surface area contributed by atoms with E-state index in [4.69, 9.17) is 0 Å². The molecule has 1 heteroatoms. The predicted molar refractivity (Wildman–Crippen MR) is 74.6 cm³/mol. The van der Waals surface area contributed by atoms with Gasteiger partial charge < -0.3 is 5.32 Å². The maximum absolute atomic E-state index is 3.53. The Labute approximate surface area is 106 Å². The van der Waals surface area contributed by atoms with Crippen LogP contribution in [0.5, 0.6) is 0 Å². The first-order valence-electron chi connectivity index (χ1n) is 6.80. The summed E-state index contributed by atoms with van der Waals surface area (Å²) >= 11 is 0. The van der Waals surface area contributed by atoms with E-state index in [-0.39, 0.29) is 5.41 Å². The van der Waals surface area contributed by atoms with Crippen LogP contribution in [-0.2, 0) is 5.41 Å². The SMILES string of the molecule is C[C@H]1C[C@@H](c2cccc(C(C)(C)C)c2)CCN1. The molecule has 2 atom stereocenters. The van der Waals surface area contributed by atoms with Crippen molar-refractivity contribution in [1.29, 1.82) is 0 Å². The van der Waals surface area contributed by atoms with Gasteiger partial charge in [0.1, 0.15) is 0 Å². The van der Waals surface area contributed by atoms with Gasteiger partial charge in [0.15, 0.2) is 0 Å². The van der Waals surface area contributed by atoms with Crippen molar-refractivity contribution in [2.75, 3.05) is 6.54 Å². The predicted octanol–water partition coefficient (Wildman–Crippen LogP) is 3.84. The summed E-state index contributed by atoms with van der Waals surface area (Å²) in [5.41, 5.74) is 3.25. The van der Waals surface area contributed by atoms with Gasteiger partial charge in [-0.15, -0.1) is 0 Å². The number of piperidine rings is 1. The van der Waals surface area contributed by atoms with E-state index in [0.29, 0.717) is 6.04 Å². The average Bonchev–Trinajstić information content (AvgIpc) is 2.28. The molecule has 1 saturated heterocycles. The molecular weight excluding hydrogens is 206 g/mol. The molecule has 1 heterocycles. The molecule has 1 fully saturated rings. The summed E-state index contributed by atoms with van der Waals surface area (Å²) in [6.07, 6.45) is 2.55. The van der Waals surface area contributed by atoms with E-state index in [1.807, 2.05) is 0 Å². The maximum atomic E-state index is 3.53. The normalized spacial score (nSPS) is 25.9. The van der Waals surface area contributed by atoms with Crippen LogP contribution >= 0.6 is 0 Å². The van der Waals surface area contributed by atoms with Gasteiger partial charge in [-0.05, 0) is 48.8 Å². The third-order valence-electron chi connectivity index (χ3n) is 3.85. The fourth-order valence-corrected chi connectivity index (χ4v) is 2.69. The van der Waals surface area contributed by atoms with Crippen LogP contribution in [0, 0.1) is 0 Å². The van der Waals surface area contributed by atoms with Crippen LogP contribution in [0.15, 0.2) is 24.3 Å². The summed E-state index contributed by atoms with van der Waals surface area (Å²) in [4.78, 5) is 0. The Morgan fingerprint density at radius 3 is 2.65 bits per heavy atom. The second-order valence-corrected chi connectivity index (χ2v) is 6.45. The van der Waals surface area contributed by atoms with E-state index in [9.17, 15) is 0 Å². The number of benzene rings is 1. The van der Waals surface area contributed by atoms with Crippen molar-refractivity contribution < 1.29 is 0 Å². The molecule has 17 heavy (non-hydrogen) atoms. The molecule has 94 valence electrons. The Morgan fingerprint density at radius 2 is 2.00 bits per heavy atom. The first-order chi connectivity index (χ1) is 7.97. The van der Waals surface area contributed by atoms with Gasteiger partial charge in [-0.1, -0.05) is 45.0 Å². The zero-order valence-corrected chi connectivity index (χ0v) is 11.6. The summed E-state index contributed by atoms with van der Waals surface area (Å²) in [5.74, 6) is 0.744. The van der Waals surface area contributed by atoms with Crippen LogP contribution < -0.4 is 5.32 Å². The van der Waals surface area contributed by atoms with Crippen LogP contribution in [0.1, 0.15) is 57.6 Å². The number of hydrogen-bond acceptors (Lipinski definition) is 1. The molecule has 1 aromatic rings. The van der Waals surface area contributed by atoms with E-state index in [1.54, 1.807) is 0 Å². The highest BCUT2D eigenvalue weighted by Gasteiger charge is 2.21. The third kappa shape index (κ3) is 3.10. The molecule has 0 amide bonds. The second kappa shape index (κ2) is 4.81. The molecule has 1 aromatic carbocycles. The average molecular weight is 231 g/mol. The summed E-state index contributed by atoms with van der Waals surface area (Å²) in [5, 5.41) is 3.53. The fraction of sp³-hybridized carbons (Fsp3) is 0.625. The van der Waals surface area contributed by atoms with Gasteiger partial charge in [0, 0.05) is 6.04 Å². The van der Waals surface area contributed by atoms with Crippen molar-refractivity contribution in [2.45, 2.75) is 57.9 Å². The lowest BCUT2D eigenvalue weighted by molar-refractivity contribution is 0.381. The third-order valence-corrected chi connectivity index (χ3v) is 3.85. The molecule has 2 rings (SSSR count). The maximum Gasteiger partial charge on any atom is 0.00445 e. The Kier molecular flexibility index (Phi) is 3.58. The standard InChI is InChI=1S/C16H25N/c1-12-10-14(8-9-17-12)13-6-5-7-15(11-13)16(2,3)4/h5-7,11-12,14,17H,8-10H2,1-4H3/t12-,14-/m0/s1. The van der Waals surface area contributed by atoms with Gasteiger partial charge in [-0.2, -0.15) is 0 Å². The topological polar surface area (TPSA) is 12.0 Å². The molecule has 0 spiro atoms. The number of rotatable bonds is 1. The lowest BCUT2D eigenvalue weighted by atomic mass is 9.81. The molecule has 0 radical (unpaired) electrons. The van der Waals surface area contributed by atoms with Crippen LogP contribution in [-0.4, -0.2) is 12.6 Å². The van der Waals surface area contributed by atoms with E-state index >= 15 is 0 Å². The lowest BCUT2D eigenvalue weighted by Gasteiger charge is -2.29. The summed E-state index contributed by atoms with van der Waals surface area (Å²) in [6.45, 7) is 10.3. The second-order valence-electron chi connectivity index (χ2n) is 6.45. The molecule has 0 saturated carbocycles. The lowest BCUT2D eigenvalue weighted by Crippen LogP contribution is -2.34.